The van der Waals surface area contributed by atoms with Crippen molar-refractivity contribution >= 4 is 11.8 Å². The number of nitrogens with one attached hydrogen (secondary N) is 2. The molecule has 0 saturated carbocycles. The Labute approximate surface area is 169 Å². The van der Waals surface area contributed by atoms with Gasteiger partial charge in [-0.2, -0.15) is 0 Å². The lowest BCUT2D eigenvalue weighted by molar-refractivity contribution is 0.0940. The molecule has 0 unspecified atom stereocenters. The molecule has 2 amide bonds. The molecule has 29 heavy (non-hydrogen) atoms. The third-order valence-electron chi connectivity index (χ3n) is 4.55. The Hall–Kier alpha value is -3.47. The maximum atomic E-state index is 12.9. The van der Waals surface area contributed by atoms with Gasteiger partial charge in [-0.05, 0) is 60.4 Å². The minimum atomic E-state index is -0.311. The highest BCUT2D eigenvalue weighted by Gasteiger charge is 2.09. The summed E-state index contributed by atoms with van der Waals surface area (Å²) >= 11 is 0. The Balaban J connectivity index is 1.44. The van der Waals surface area contributed by atoms with E-state index in [-0.39, 0.29) is 17.6 Å². The summed E-state index contributed by atoms with van der Waals surface area (Å²) in [4.78, 5) is 24.5. The van der Waals surface area contributed by atoms with E-state index in [1.807, 2.05) is 18.2 Å². The number of carbonyl (C=O) groups is 2. The molecule has 0 heterocycles. The van der Waals surface area contributed by atoms with Crippen LogP contribution in [-0.4, -0.2) is 18.4 Å². The van der Waals surface area contributed by atoms with Crippen molar-refractivity contribution in [3.63, 3.8) is 0 Å². The van der Waals surface area contributed by atoms with Crippen LogP contribution in [0.3, 0.4) is 0 Å². The summed E-state index contributed by atoms with van der Waals surface area (Å²) in [5.74, 6) is -0.713. The number of aryl methyl sites for hydroxylation is 1. The summed E-state index contributed by atoms with van der Waals surface area (Å²) in [7, 11) is 0. The van der Waals surface area contributed by atoms with E-state index in [9.17, 15) is 14.0 Å². The molecule has 0 aliphatic rings. The third-order valence-corrected chi connectivity index (χ3v) is 4.55. The molecule has 0 bridgehead atoms. The average Bonchev–Trinajstić information content (AvgIpc) is 2.77. The minimum Gasteiger partial charge on any atom is -0.352 e. The Morgan fingerprint density at radius 1 is 0.690 bits per heavy atom. The quantitative estimate of drug-likeness (QED) is 0.569. The van der Waals surface area contributed by atoms with Crippen LogP contribution in [-0.2, 0) is 13.0 Å². The van der Waals surface area contributed by atoms with Crippen molar-refractivity contribution in [2.75, 3.05) is 6.54 Å². The molecule has 0 radical (unpaired) electrons. The molecule has 2 N–H and O–H groups in total. The van der Waals surface area contributed by atoms with Gasteiger partial charge in [-0.25, -0.2) is 4.39 Å². The number of carbonyl (C=O) groups excluding carboxylic acids is 2. The zero-order valence-corrected chi connectivity index (χ0v) is 16.0. The van der Waals surface area contributed by atoms with E-state index in [4.69, 9.17) is 0 Å². The number of hydrogen-bond donors (Lipinski definition) is 2. The fourth-order valence-electron chi connectivity index (χ4n) is 2.90. The van der Waals surface area contributed by atoms with Crippen LogP contribution in [0, 0.1) is 5.82 Å². The molecular weight excluding hydrogens is 367 g/mol. The van der Waals surface area contributed by atoms with Gasteiger partial charge in [0.05, 0.1) is 0 Å². The van der Waals surface area contributed by atoms with Gasteiger partial charge in [-0.15, -0.1) is 0 Å². The van der Waals surface area contributed by atoms with E-state index in [1.54, 1.807) is 36.4 Å². The van der Waals surface area contributed by atoms with E-state index in [0.29, 0.717) is 24.2 Å². The van der Waals surface area contributed by atoms with Gasteiger partial charge in [-0.1, -0.05) is 42.5 Å². The monoisotopic (exact) mass is 390 g/mol. The van der Waals surface area contributed by atoms with Crippen molar-refractivity contribution in [2.45, 2.75) is 19.4 Å². The number of halogens is 1. The summed E-state index contributed by atoms with van der Waals surface area (Å²) in [6.45, 7) is 0.899. The van der Waals surface area contributed by atoms with Crippen LogP contribution < -0.4 is 10.6 Å². The van der Waals surface area contributed by atoms with Gasteiger partial charge in [0, 0.05) is 24.2 Å². The van der Waals surface area contributed by atoms with Gasteiger partial charge in [0.25, 0.3) is 11.8 Å². The molecule has 3 aromatic carbocycles. The Morgan fingerprint density at radius 2 is 1.28 bits per heavy atom. The van der Waals surface area contributed by atoms with Gasteiger partial charge >= 0.3 is 0 Å². The number of hydrogen-bond acceptors (Lipinski definition) is 2. The molecule has 4 nitrogen and oxygen atoms in total. The lowest BCUT2D eigenvalue weighted by atomic mass is 10.1. The fourth-order valence-corrected chi connectivity index (χ4v) is 2.90. The molecule has 0 aromatic heterocycles. The molecule has 0 saturated heterocycles. The highest BCUT2D eigenvalue weighted by molar-refractivity contribution is 5.97. The van der Waals surface area contributed by atoms with Gasteiger partial charge in [0.15, 0.2) is 0 Å². The molecule has 5 heteroatoms. The molecule has 0 aliphatic carbocycles. The van der Waals surface area contributed by atoms with Crippen molar-refractivity contribution in [2.24, 2.45) is 0 Å². The van der Waals surface area contributed by atoms with Crippen LogP contribution in [0.5, 0.6) is 0 Å². The predicted octanol–water partition coefficient (Wildman–Crippen LogP) is 4.12. The smallest absolute Gasteiger partial charge is 0.251 e. The first-order chi connectivity index (χ1) is 14.1. The first-order valence-corrected chi connectivity index (χ1v) is 9.56. The molecule has 0 aliphatic heterocycles. The third kappa shape index (κ3) is 6.28. The molecule has 148 valence electrons. The van der Waals surface area contributed by atoms with Crippen LogP contribution in [0.25, 0.3) is 0 Å². The highest BCUT2D eigenvalue weighted by Crippen LogP contribution is 2.07. The molecule has 0 spiro atoms. The fraction of sp³-hybridized carbons (Fsp3) is 0.167. The van der Waals surface area contributed by atoms with Crippen molar-refractivity contribution in [1.82, 2.24) is 10.6 Å². The average molecular weight is 390 g/mol. The SMILES string of the molecule is O=C(NCCCc1ccccc1)c1ccc(C(=O)NCc2ccc(F)cc2)cc1. The molecular formula is C24H23FN2O2. The van der Waals surface area contributed by atoms with Gasteiger partial charge in [-0.3, -0.25) is 9.59 Å². The van der Waals surface area contributed by atoms with Gasteiger partial charge < -0.3 is 10.6 Å². The summed E-state index contributed by atoms with van der Waals surface area (Å²) in [6, 6.07) is 22.6. The second-order valence-electron chi connectivity index (χ2n) is 6.73. The van der Waals surface area contributed by atoms with Gasteiger partial charge in [0.1, 0.15) is 5.82 Å². The largest absolute Gasteiger partial charge is 0.352 e. The number of amides is 2. The van der Waals surface area contributed by atoms with Crippen LogP contribution in [0.15, 0.2) is 78.9 Å². The number of rotatable bonds is 8. The maximum Gasteiger partial charge on any atom is 0.251 e. The normalized spacial score (nSPS) is 10.4. The zero-order valence-electron chi connectivity index (χ0n) is 16.0. The van der Waals surface area contributed by atoms with Crippen molar-refractivity contribution < 1.29 is 14.0 Å². The van der Waals surface area contributed by atoms with Crippen LogP contribution in [0.1, 0.15) is 38.3 Å². The van der Waals surface area contributed by atoms with Crippen molar-refractivity contribution in [1.29, 1.82) is 0 Å². The van der Waals surface area contributed by atoms with Crippen molar-refractivity contribution in [3.8, 4) is 0 Å². The molecule has 3 rings (SSSR count). The summed E-state index contributed by atoms with van der Waals surface area (Å²) in [5.41, 5.74) is 3.04. The first kappa shape index (κ1) is 20.3. The first-order valence-electron chi connectivity index (χ1n) is 9.56. The summed E-state index contributed by atoms with van der Waals surface area (Å²) in [5, 5.41) is 5.68. The van der Waals surface area contributed by atoms with Crippen LogP contribution >= 0.6 is 0 Å². The van der Waals surface area contributed by atoms with Crippen LogP contribution in [0.4, 0.5) is 4.39 Å². The summed E-state index contributed by atoms with van der Waals surface area (Å²) < 4.78 is 12.9. The molecule has 3 aromatic rings. The second-order valence-corrected chi connectivity index (χ2v) is 6.73. The molecule has 0 atom stereocenters. The molecule has 0 fully saturated rings. The van der Waals surface area contributed by atoms with Crippen LogP contribution in [0.2, 0.25) is 0 Å². The topological polar surface area (TPSA) is 58.2 Å². The Kier molecular flexibility index (Phi) is 7.11. The van der Waals surface area contributed by atoms with E-state index < -0.39 is 0 Å². The van der Waals surface area contributed by atoms with E-state index in [1.165, 1.54) is 17.7 Å². The second kappa shape index (κ2) is 10.2. The lowest BCUT2D eigenvalue weighted by Crippen LogP contribution is -2.25. The van der Waals surface area contributed by atoms with E-state index >= 15 is 0 Å². The Bertz CT molecular complexity index is 939. The summed E-state index contributed by atoms with van der Waals surface area (Å²) in [6.07, 6.45) is 1.77. The zero-order chi connectivity index (χ0) is 20.5. The van der Waals surface area contributed by atoms with E-state index in [0.717, 1.165) is 18.4 Å². The van der Waals surface area contributed by atoms with Gasteiger partial charge in [0.2, 0.25) is 0 Å². The predicted molar refractivity (Wildman–Crippen MR) is 111 cm³/mol. The maximum absolute atomic E-state index is 12.9. The minimum absolute atomic E-state index is 0.156. The van der Waals surface area contributed by atoms with E-state index in [2.05, 4.69) is 22.8 Å². The van der Waals surface area contributed by atoms with Crippen molar-refractivity contribution in [3.05, 3.63) is 107 Å². The number of benzene rings is 3. The Morgan fingerprint density at radius 3 is 1.90 bits per heavy atom. The highest BCUT2D eigenvalue weighted by atomic mass is 19.1. The lowest BCUT2D eigenvalue weighted by Gasteiger charge is -2.08. The standard InChI is InChI=1S/C24H23FN2O2/c25-22-14-8-19(9-15-22)17-27-24(29)21-12-10-20(11-13-21)23(28)26-16-4-7-18-5-2-1-3-6-18/h1-3,5-6,8-15H,4,7,16-17H2,(H,26,28)(H,27,29).